The molecule has 0 atom stereocenters. The summed E-state index contributed by atoms with van der Waals surface area (Å²) in [5.41, 5.74) is 3.38. The zero-order valence-corrected chi connectivity index (χ0v) is 15.3. The van der Waals surface area contributed by atoms with E-state index in [0.717, 1.165) is 22.3 Å². The van der Waals surface area contributed by atoms with Crippen LogP contribution in [-0.2, 0) is 19.4 Å². The summed E-state index contributed by atoms with van der Waals surface area (Å²) in [6.45, 7) is 4.46. The van der Waals surface area contributed by atoms with Crippen LogP contribution >= 0.6 is 11.8 Å². The summed E-state index contributed by atoms with van der Waals surface area (Å²) in [6, 6.07) is 12.6. The van der Waals surface area contributed by atoms with Gasteiger partial charge in [-0.1, -0.05) is 30.0 Å². The van der Waals surface area contributed by atoms with Crippen LogP contribution < -0.4 is 4.74 Å². The predicted octanol–water partition coefficient (Wildman–Crippen LogP) is 4.44. The molecule has 0 spiro atoms. The summed E-state index contributed by atoms with van der Waals surface area (Å²) in [7, 11) is 1.92. The van der Waals surface area contributed by atoms with E-state index in [9.17, 15) is 4.39 Å². The van der Waals surface area contributed by atoms with Gasteiger partial charge in [-0.15, -0.1) is 10.2 Å². The van der Waals surface area contributed by atoms with E-state index in [0.29, 0.717) is 12.4 Å². The Hall–Kier alpha value is -2.34. The zero-order chi connectivity index (χ0) is 17.8. The molecule has 3 aromatic rings. The fourth-order valence-corrected chi connectivity index (χ4v) is 3.37. The number of ether oxygens (including phenoxy) is 1. The van der Waals surface area contributed by atoms with Gasteiger partial charge in [-0.2, -0.15) is 0 Å². The second-order valence-electron chi connectivity index (χ2n) is 5.99. The van der Waals surface area contributed by atoms with Crippen LogP contribution in [0.4, 0.5) is 4.39 Å². The number of nitrogens with zero attached hydrogens (tertiary/aromatic N) is 3. The number of hydrogen-bond acceptors (Lipinski definition) is 4. The molecule has 0 bridgehead atoms. The molecule has 3 rings (SSSR count). The minimum atomic E-state index is -0.224. The second-order valence-corrected chi connectivity index (χ2v) is 6.93. The van der Waals surface area contributed by atoms with Crippen molar-refractivity contribution < 1.29 is 9.13 Å². The van der Waals surface area contributed by atoms with Crippen molar-refractivity contribution in [3.05, 3.63) is 70.8 Å². The Bertz CT molecular complexity index is 841. The maximum absolute atomic E-state index is 12.9. The molecule has 0 amide bonds. The topological polar surface area (TPSA) is 39.9 Å². The number of halogens is 1. The van der Waals surface area contributed by atoms with Crippen LogP contribution in [0, 0.1) is 19.7 Å². The Morgan fingerprint density at radius 1 is 1.04 bits per heavy atom. The van der Waals surface area contributed by atoms with E-state index < -0.39 is 0 Å². The average Bonchev–Trinajstić information content (AvgIpc) is 2.92. The van der Waals surface area contributed by atoms with Crippen molar-refractivity contribution in [2.45, 2.75) is 31.4 Å². The molecule has 1 heterocycles. The highest BCUT2D eigenvalue weighted by molar-refractivity contribution is 7.98. The monoisotopic (exact) mass is 357 g/mol. The lowest BCUT2D eigenvalue weighted by molar-refractivity contribution is 0.290. The molecule has 1 aromatic heterocycles. The van der Waals surface area contributed by atoms with Crippen molar-refractivity contribution in [2.24, 2.45) is 7.05 Å². The fourth-order valence-electron chi connectivity index (χ4n) is 2.49. The summed E-state index contributed by atoms with van der Waals surface area (Å²) in [5, 5.41) is 9.24. The number of aryl methyl sites for hydroxylation is 2. The summed E-state index contributed by atoms with van der Waals surface area (Å²) in [4.78, 5) is 0. The van der Waals surface area contributed by atoms with Gasteiger partial charge in [0.1, 0.15) is 18.2 Å². The second kappa shape index (κ2) is 7.70. The molecular formula is C19H20FN3OS. The maximum atomic E-state index is 12.9. The normalized spacial score (nSPS) is 10.9. The van der Waals surface area contributed by atoms with Crippen molar-refractivity contribution in [3.8, 4) is 5.75 Å². The van der Waals surface area contributed by atoms with E-state index in [4.69, 9.17) is 4.74 Å². The van der Waals surface area contributed by atoms with Crippen molar-refractivity contribution in [1.82, 2.24) is 14.8 Å². The molecular weight excluding hydrogens is 337 g/mol. The molecule has 0 radical (unpaired) electrons. The molecule has 2 aromatic carbocycles. The van der Waals surface area contributed by atoms with Gasteiger partial charge in [-0.3, -0.25) is 0 Å². The van der Waals surface area contributed by atoms with Crippen molar-refractivity contribution in [3.63, 3.8) is 0 Å². The SMILES string of the molecule is Cc1cc(C)cc(OCc2nnc(SCc3ccc(F)cc3)n2C)c1. The van der Waals surface area contributed by atoms with Gasteiger partial charge in [-0.25, -0.2) is 4.39 Å². The molecule has 0 aliphatic carbocycles. The number of aromatic nitrogens is 3. The number of benzene rings is 2. The third-order valence-electron chi connectivity index (χ3n) is 3.77. The molecule has 0 fully saturated rings. The van der Waals surface area contributed by atoms with Crippen LogP contribution in [-0.4, -0.2) is 14.8 Å². The molecule has 0 N–H and O–H groups in total. The van der Waals surface area contributed by atoms with Gasteiger partial charge in [0.25, 0.3) is 0 Å². The lowest BCUT2D eigenvalue weighted by atomic mass is 10.1. The Morgan fingerprint density at radius 2 is 1.72 bits per heavy atom. The van der Waals surface area contributed by atoms with Gasteiger partial charge in [0.2, 0.25) is 0 Å². The Labute approximate surface area is 151 Å². The van der Waals surface area contributed by atoms with E-state index in [1.165, 1.54) is 23.3 Å². The van der Waals surface area contributed by atoms with Gasteiger partial charge in [0.05, 0.1) is 0 Å². The van der Waals surface area contributed by atoms with Gasteiger partial charge >= 0.3 is 0 Å². The van der Waals surface area contributed by atoms with Crippen LogP contribution in [0.1, 0.15) is 22.5 Å². The van der Waals surface area contributed by atoms with Crippen LogP contribution in [0.3, 0.4) is 0 Å². The minimum absolute atomic E-state index is 0.224. The Kier molecular flexibility index (Phi) is 5.38. The van der Waals surface area contributed by atoms with Crippen molar-refractivity contribution in [1.29, 1.82) is 0 Å². The van der Waals surface area contributed by atoms with Gasteiger partial charge in [0.15, 0.2) is 11.0 Å². The van der Waals surface area contributed by atoms with Gasteiger partial charge < -0.3 is 9.30 Å². The highest BCUT2D eigenvalue weighted by Crippen LogP contribution is 2.22. The first-order chi connectivity index (χ1) is 12.0. The maximum Gasteiger partial charge on any atom is 0.191 e. The molecule has 0 saturated heterocycles. The molecule has 0 aliphatic rings. The highest BCUT2D eigenvalue weighted by atomic mass is 32.2. The summed E-state index contributed by atoms with van der Waals surface area (Å²) in [5.74, 6) is 2.09. The average molecular weight is 357 g/mol. The fraction of sp³-hybridized carbons (Fsp3) is 0.263. The standard InChI is InChI=1S/C19H20FN3OS/c1-13-8-14(2)10-17(9-13)24-11-18-21-22-19(23(18)3)25-12-15-4-6-16(20)7-5-15/h4-10H,11-12H2,1-3H3. The smallest absolute Gasteiger partial charge is 0.191 e. The minimum Gasteiger partial charge on any atom is -0.486 e. The third-order valence-corrected chi connectivity index (χ3v) is 4.86. The molecule has 0 saturated carbocycles. The van der Waals surface area contributed by atoms with Crippen LogP contribution in [0.15, 0.2) is 47.6 Å². The molecule has 0 aliphatic heterocycles. The van der Waals surface area contributed by atoms with Crippen LogP contribution in [0.5, 0.6) is 5.75 Å². The summed E-state index contributed by atoms with van der Waals surface area (Å²) >= 11 is 1.56. The van der Waals surface area contributed by atoms with E-state index in [1.807, 2.05) is 37.6 Å². The molecule has 130 valence electrons. The zero-order valence-electron chi connectivity index (χ0n) is 14.5. The number of rotatable bonds is 6. The van der Waals surface area contributed by atoms with E-state index in [2.05, 4.69) is 16.3 Å². The van der Waals surface area contributed by atoms with Gasteiger partial charge in [-0.05, 0) is 54.8 Å². The van der Waals surface area contributed by atoms with Gasteiger partial charge in [0, 0.05) is 12.8 Å². The molecule has 25 heavy (non-hydrogen) atoms. The summed E-state index contributed by atoms with van der Waals surface area (Å²) < 4.78 is 20.7. The Morgan fingerprint density at radius 3 is 2.40 bits per heavy atom. The van der Waals surface area contributed by atoms with Crippen LogP contribution in [0.25, 0.3) is 0 Å². The lowest BCUT2D eigenvalue weighted by Gasteiger charge is -2.08. The van der Waals surface area contributed by atoms with Crippen LogP contribution in [0.2, 0.25) is 0 Å². The van der Waals surface area contributed by atoms with Crippen molar-refractivity contribution in [2.75, 3.05) is 0 Å². The highest BCUT2D eigenvalue weighted by Gasteiger charge is 2.10. The predicted molar refractivity (Wildman–Crippen MR) is 97.2 cm³/mol. The molecule has 6 heteroatoms. The van der Waals surface area contributed by atoms with E-state index >= 15 is 0 Å². The third kappa shape index (κ3) is 4.60. The van der Waals surface area contributed by atoms with E-state index in [-0.39, 0.29) is 5.82 Å². The Balaban J connectivity index is 1.61. The van der Waals surface area contributed by atoms with Crippen molar-refractivity contribution >= 4 is 11.8 Å². The summed E-state index contributed by atoms with van der Waals surface area (Å²) in [6.07, 6.45) is 0. The lowest BCUT2D eigenvalue weighted by Crippen LogP contribution is -2.04. The molecule has 0 unspecified atom stereocenters. The first kappa shape index (κ1) is 17.5. The first-order valence-electron chi connectivity index (χ1n) is 7.98. The molecule has 4 nitrogen and oxygen atoms in total. The largest absolute Gasteiger partial charge is 0.486 e. The first-order valence-corrected chi connectivity index (χ1v) is 8.96. The van der Waals surface area contributed by atoms with E-state index in [1.54, 1.807) is 23.9 Å². The number of hydrogen-bond donors (Lipinski definition) is 0. The quantitative estimate of drug-likeness (QED) is 0.612. The number of thioether (sulfide) groups is 1.